The fourth-order valence-electron chi connectivity index (χ4n) is 3.94. The lowest BCUT2D eigenvalue weighted by Gasteiger charge is -2.32. The first kappa shape index (κ1) is 19.1. The quantitative estimate of drug-likeness (QED) is 0.725. The lowest BCUT2D eigenvalue weighted by atomic mass is 10.1. The third-order valence-electron chi connectivity index (χ3n) is 5.56. The van der Waals surface area contributed by atoms with Crippen LogP contribution in [-0.2, 0) is 0 Å². The summed E-state index contributed by atoms with van der Waals surface area (Å²) in [6.45, 7) is 2.45. The molecular weight excluding hydrogens is 376 g/mol. The zero-order chi connectivity index (χ0) is 19.8. The number of fused-ring (bicyclic) bond motifs is 1. The largest absolute Gasteiger partial charge is 0.390 e. The maximum Gasteiger partial charge on any atom is 0.261 e. The lowest BCUT2D eigenvalue weighted by molar-refractivity contribution is 0.0418. The first-order valence-electron chi connectivity index (χ1n) is 9.61. The average molecular weight is 399 g/mol. The van der Waals surface area contributed by atoms with Crippen LogP contribution < -0.4 is 0 Å². The molecule has 2 unspecified atom stereocenters. The fraction of sp³-hybridized carbons (Fsp3) is 0.364. The van der Waals surface area contributed by atoms with Crippen molar-refractivity contribution in [1.29, 1.82) is 0 Å². The molecule has 1 N–H and O–H groups in total. The second-order valence-corrected chi connectivity index (χ2v) is 7.95. The van der Waals surface area contributed by atoms with Crippen molar-refractivity contribution in [3.63, 3.8) is 0 Å². The third-order valence-corrected chi connectivity index (χ3v) is 5.91. The molecule has 1 aliphatic carbocycles. The van der Waals surface area contributed by atoms with Crippen LogP contribution in [-0.4, -0.2) is 52.0 Å². The predicted octanol–water partition coefficient (Wildman–Crippen LogP) is 3.52. The second-order valence-electron chi connectivity index (χ2n) is 7.55. The van der Waals surface area contributed by atoms with Gasteiger partial charge in [0.15, 0.2) is 0 Å². The minimum Gasteiger partial charge on any atom is -0.390 e. The molecule has 2 aromatic carbocycles. The first-order valence-corrected chi connectivity index (χ1v) is 9.98. The molecule has 2 aliphatic rings. The fourth-order valence-corrected chi connectivity index (χ4v) is 4.23. The molecule has 1 fully saturated rings. The summed E-state index contributed by atoms with van der Waals surface area (Å²) in [5.74, 6) is -0.673. The van der Waals surface area contributed by atoms with Crippen molar-refractivity contribution < 1.29 is 14.7 Å². The Morgan fingerprint density at radius 3 is 2.21 bits per heavy atom. The second kappa shape index (κ2) is 7.66. The van der Waals surface area contributed by atoms with E-state index in [2.05, 4.69) is 11.8 Å². The van der Waals surface area contributed by atoms with E-state index in [9.17, 15) is 14.7 Å². The SMILES string of the molecule is CC(c1ccccc1Cl)N(CC(O)CN1C(=O)c2ccccc2C1=O)C1CC1. The maximum atomic E-state index is 12.5. The first-order chi connectivity index (χ1) is 13.5. The van der Waals surface area contributed by atoms with E-state index in [0.29, 0.717) is 28.7 Å². The summed E-state index contributed by atoms with van der Waals surface area (Å²) < 4.78 is 0. The Morgan fingerprint density at radius 1 is 1.07 bits per heavy atom. The van der Waals surface area contributed by atoms with Crippen LogP contribution in [0.15, 0.2) is 48.5 Å². The molecule has 2 amide bonds. The highest BCUT2D eigenvalue weighted by atomic mass is 35.5. The Bertz CT molecular complexity index is 877. The number of aliphatic hydroxyl groups excluding tert-OH is 1. The number of hydrogen-bond acceptors (Lipinski definition) is 4. The highest BCUT2D eigenvalue weighted by Crippen LogP contribution is 2.36. The topological polar surface area (TPSA) is 60.9 Å². The van der Waals surface area contributed by atoms with Gasteiger partial charge in [0.05, 0.1) is 23.8 Å². The van der Waals surface area contributed by atoms with E-state index in [1.54, 1.807) is 24.3 Å². The monoisotopic (exact) mass is 398 g/mol. The molecule has 146 valence electrons. The molecule has 1 heterocycles. The van der Waals surface area contributed by atoms with Crippen LogP contribution >= 0.6 is 11.6 Å². The highest BCUT2D eigenvalue weighted by molar-refractivity contribution is 6.31. The number of aliphatic hydroxyl groups is 1. The van der Waals surface area contributed by atoms with Gasteiger partial charge < -0.3 is 5.11 Å². The van der Waals surface area contributed by atoms with Crippen molar-refractivity contribution in [2.75, 3.05) is 13.1 Å². The smallest absolute Gasteiger partial charge is 0.261 e. The predicted molar refractivity (Wildman–Crippen MR) is 107 cm³/mol. The van der Waals surface area contributed by atoms with Crippen LogP contribution in [0.3, 0.4) is 0 Å². The zero-order valence-electron chi connectivity index (χ0n) is 15.7. The highest BCUT2D eigenvalue weighted by Gasteiger charge is 2.38. The molecule has 0 radical (unpaired) electrons. The van der Waals surface area contributed by atoms with E-state index < -0.39 is 6.10 Å². The number of carbonyl (C=O) groups excluding carboxylic acids is 2. The van der Waals surface area contributed by atoms with Gasteiger partial charge in [-0.25, -0.2) is 0 Å². The van der Waals surface area contributed by atoms with Crippen molar-refractivity contribution in [2.45, 2.75) is 38.0 Å². The van der Waals surface area contributed by atoms with Crippen molar-refractivity contribution in [3.8, 4) is 0 Å². The van der Waals surface area contributed by atoms with Gasteiger partial charge in [-0.15, -0.1) is 0 Å². The Morgan fingerprint density at radius 2 is 1.64 bits per heavy atom. The number of β-amino-alcohol motifs (C(OH)–C–C–N with tert-alkyl or cyclic N) is 1. The van der Waals surface area contributed by atoms with Crippen LogP contribution in [0.1, 0.15) is 52.1 Å². The summed E-state index contributed by atoms with van der Waals surface area (Å²) in [5.41, 5.74) is 1.83. The van der Waals surface area contributed by atoms with Crippen molar-refractivity contribution in [3.05, 3.63) is 70.2 Å². The van der Waals surface area contributed by atoms with Crippen LogP contribution in [0.4, 0.5) is 0 Å². The molecule has 2 atom stereocenters. The molecule has 5 nitrogen and oxygen atoms in total. The van der Waals surface area contributed by atoms with Crippen molar-refractivity contribution in [2.24, 2.45) is 0 Å². The number of carbonyl (C=O) groups is 2. The number of halogens is 1. The molecule has 6 heteroatoms. The van der Waals surface area contributed by atoms with E-state index >= 15 is 0 Å². The average Bonchev–Trinajstić information content (AvgIpc) is 3.51. The summed E-state index contributed by atoms with van der Waals surface area (Å²) in [6, 6.07) is 14.9. The summed E-state index contributed by atoms with van der Waals surface area (Å²) in [4.78, 5) is 28.5. The normalized spacial score (nSPS) is 18.5. The van der Waals surface area contributed by atoms with Crippen LogP contribution in [0.2, 0.25) is 5.02 Å². The third kappa shape index (κ3) is 3.58. The summed E-state index contributed by atoms with van der Waals surface area (Å²) >= 11 is 6.37. The van der Waals surface area contributed by atoms with Gasteiger partial charge >= 0.3 is 0 Å². The molecule has 0 aromatic heterocycles. The van der Waals surface area contributed by atoms with Gasteiger partial charge in [0.1, 0.15) is 0 Å². The molecule has 1 aliphatic heterocycles. The molecule has 0 saturated heterocycles. The molecule has 0 spiro atoms. The standard InChI is InChI=1S/C22H23ClN2O3/c1-14(17-6-4-5-9-20(17)23)24(15-10-11-15)12-16(26)13-25-21(27)18-7-2-3-8-19(18)22(25)28/h2-9,14-16,26H,10-13H2,1H3. The van der Waals surface area contributed by atoms with Crippen LogP contribution in [0.25, 0.3) is 0 Å². The molecule has 0 bridgehead atoms. The number of rotatable bonds is 7. The summed E-state index contributed by atoms with van der Waals surface area (Å²) in [6.07, 6.45) is 1.33. The minimum absolute atomic E-state index is 0.00912. The van der Waals surface area contributed by atoms with Crippen molar-refractivity contribution in [1.82, 2.24) is 9.80 Å². The van der Waals surface area contributed by atoms with Gasteiger partial charge in [-0.1, -0.05) is 41.9 Å². The Labute approximate surface area is 169 Å². The van der Waals surface area contributed by atoms with Gasteiger partial charge in [0, 0.05) is 23.7 Å². The number of nitrogens with zero attached hydrogens (tertiary/aromatic N) is 2. The molecule has 4 rings (SSSR count). The van der Waals surface area contributed by atoms with Crippen LogP contribution in [0.5, 0.6) is 0 Å². The lowest BCUT2D eigenvalue weighted by Crippen LogP contribution is -2.44. The van der Waals surface area contributed by atoms with E-state index in [-0.39, 0.29) is 24.4 Å². The van der Waals surface area contributed by atoms with E-state index in [1.165, 1.54) is 0 Å². The van der Waals surface area contributed by atoms with E-state index in [4.69, 9.17) is 11.6 Å². The van der Waals surface area contributed by atoms with E-state index in [0.717, 1.165) is 23.3 Å². The van der Waals surface area contributed by atoms with Crippen LogP contribution in [0, 0.1) is 0 Å². The van der Waals surface area contributed by atoms with Gasteiger partial charge in [0.25, 0.3) is 11.8 Å². The Hall–Kier alpha value is -2.21. The van der Waals surface area contributed by atoms with Gasteiger partial charge in [-0.3, -0.25) is 19.4 Å². The van der Waals surface area contributed by atoms with Gasteiger partial charge in [-0.2, -0.15) is 0 Å². The van der Waals surface area contributed by atoms with Gasteiger partial charge in [0.2, 0.25) is 0 Å². The molecule has 2 aromatic rings. The van der Waals surface area contributed by atoms with Crippen molar-refractivity contribution >= 4 is 23.4 Å². The summed E-state index contributed by atoms with van der Waals surface area (Å²) in [5, 5.41) is 11.4. The van der Waals surface area contributed by atoms with E-state index in [1.807, 2.05) is 24.3 Å². The number of hydrogen-bond donors (Lipinski definition) is 1. The molecule has 28 heavy (non-hydrogen) atoms. The van der Waals surface area contributed by atoms with Gasteiger partial charge in [-0.05, 0) is 43.5 Å². The minimum atomic E-state index is -0.826. The summed E-state index contributed by atoms with van der Waals surface area (Å²) in [7, 11) is 0. The molecule has 1 saturated carbocycles. The number of amides is 2. The zero-order valence-corrected chi connectivity index (χ0v) is 16.5. The Balaban J connectivity index is 1.46. The Kier molecular flexibility index (Phi) is 5.23. The molecular formula is C22H23ClN2O3. The maximum absolute atomic E-state index is 12.5. The number of imide groups is 1. The number of benzene rings is 2.